The highest BCUT2D eigenvalue weighted by Gasteiger charge is 1.91. The molecule has 0 aromatic carbocycles. The fourth-order valence-electron chi connectivity index (χ4n) is 0.493. The lowest BCUT2D eigenvalue weighted by molar-refractivity contribution is 0.129. The van der Waals surface area contributed by atoms with Gasteiger partial charge in [0, 0.05) is 13.2 Å². The van der Waals surface area contributed by atoms with E-state index in [9.17, 15) is 0 Å². The molecule has 0 rings (SSSR count). The summed E-state index contributed by atoms with van der Waals surface area (Å²) >= 11 is 0. The van der Waals surface area contributed by atoms with Crippen LogP contribution < -0.4 is 5.73 Å². The SMILES string of the molecule is CC(C)CCOCC[NH]. The fourth-order valence-corrected chi connectivity index (χ4v) is 0.493. The van der Waals surface area contributed by atoms with E-state index >= 15 is 0 Å². The first-order valence-electron chi connectivity index (χ1n) is 3.49. The van der Waals surface area contributed by atoms with Crippen molar-refractivity contribution in [3.05, 3.63) is 0 Å². The van der Waals surface area contributed by atoms with Crippen molar-refractivity contribution in [2.45, 2.75) is 20.3 Å². The van der Waals surface area contributed by atoms with Crippen LogP contribution in [0.3, 0.4) is 0 Å². The minimum atomic E-state index is 0.387. The van der Waals surface area contributed by atoms with Gasteiger partial charge in [0.05, 0.1) is 6.61 Å². The van der Waals surface area contributed by atoms with Crippen LogP contribution in [0.1, 0.15) is 20.3 Å². The Balaban J connectivity index is 2.75. The van der Waals surface area contributed by atoms with Gasteiger partial charge in [-0.1, -0.05) is 13.8 Å². The van der Waals surface area contributed by atoms with Gasteiger partial charge >= 0.3 is 0 Å². The maximum atomic E-state index is 6.76. The number of ether oxygens (including phenoxy) is 1. The molecule has 0 atom stereocenters. The van der Waals surface area contributed by atoms with Crippen LogP contribution in [0.4, 0.5) is 0 Å². The quantitative estimate of drug-likeness (QED) is 0.517. The zero-order valence-corrected chi connectivity index (χ0v) is 6.31. The molecule has 0 aliphatic rings. The Morgan fingerprint density at radius 1 is 1.33 bits per heavy atom. The van der Waals surface area contributed by atoms with Gasteiger partial charge < -0.3 is 4.74 Å². The van der Waals surface area contributed by atoms with Crippen LogP contribution in [0.15, 0.2) is 0 Å². The second-order valence-corrected chi connectivity index (χ2v) is 2.54. The summed E-state index contributed by atoms with van der Waals surface area (Å²) in [4.78, 5) is 0. The summed E-state index contributed by atoms with van der Waals surface area (Å²) in [6.45, 7) is 6.13. The summed E-state index contributed by atoms with van der Waals surface area (Å²) in [5.74, 6) is 0.718. The van der Waals surface area contributed by atoms with E-state index in [0.717, 1.165) is 18.9 Å². The number of hydrogen-bond donors (Lipinski definition) is 0. The van der Waals surface area contributed by atoms with Gasteiger partial charge in [-0.2, -0.15) is 0 Å². The standard InChI is InChI=1S/C7H16NO/c1-7(2)3-5-9-6-4-8/h7-8H,3-6H2,1-2H3. The molecule has 0 aliphatic heterocycles. The maximum absolute atomic E-state index is 6.76. The summed E-state index contributed by atoms with van der Waals surface area (Å²) in [6.07, 6.45) is 1.11. The van der Waals surface area contributed by atoms with Crippen LogP contribution in [-0.2, 0) is 4.74 Å². The molecular formula is C7H16NO. The van der Waals surface area contributed by atoms with Crippen molar-refractivity contribution in [3.63, 3.8) is 0 Å². The lowest BCUT2D eigenvalue weighted by Gasteiger charge is -2.03. The highest BCUT2D eigenvalue weighted by molar-refractivity contribution is 4.42. The van der Waals surface area contributed by atoms with E-state index < -0.39 is 0 Å². The first-order chi connectivity index (χ1) is 4.27. The van der Waals surface area contributed by atoms with Crippen molar-refractivity contribution >= 4 is 0 Å². The molecule has 0 unspecified atom stereocenters. The molecule has 0 saturated heterocycles. The van der Waals surface area contributed by atoms with Crippen LogP contribution in [0.5, 0.6) is 0 Å². The largest absolute Gasteiger partial charge is 0.380 e. The molecule has 0 aliphatic carbocycles. The van der Waals surface area contributed by atoms with E-state index in [1.165, 1.54) is 0 Å². The minimum Gasteiger partial charge on any atom is -0.380 e. The summed E-state index contributed by atoms with van der Waals surface area (Å²) in [7, 11) is 0. The lowest BCUT2D eigenvalue weighted by atomic mass is 10.1. The molecule has 0 heterocycles. The Morgan fingerprint density at radius 3 is 2.44 bits per heavy atom. The van der Waals surface area contributed by atoms with Gasteiger partial charge in [-0.3, -0.25) is 5.73 Å². The Labute approximate surface area is 57.4 Å². The van der Waals surface area contributed by atoms with Gasteiger partial charge in [-0.15, -0.1) is 0 Å². The smallest absolute Gasteiger partial charge is 0.0604 e. The predicted molar refractivity (Wildman–Crippen MR) is 38.2 cm³/mol. The molecule has 2 nitrogen and oxygen atoms in total. The molecule has 1 radical (unpaired) electrons. The molecule has 0 saturated carbocycles. The summed E-state index contributed by atoms with van der Waals surface area (Å²) in [5.41, 5.74) is 6.76. The lowest BCUT2D eigenvalue weighted by Crippen LogP contribution is -2.03. The first kappa shape index (κ1) is 8.92. The van der Waals surface area contributed by atoms with Gasteiger partial charge in [-0.05, 0) is 12.3 Å². The Kier molecular flexibility index (Phi) is 5.99. The summed E-state index contributed by atoms with van der Waals surface area (Å²) in [5, 5.41) is 0. The van der Waals surface area contributed by atoms with Gasteiger partial charge in [0.1, 0.15) is 0 Å². The van der Waals surface area contributed by atoms with Crippen molar-refractivity contribution in [2.75, 3.05) is 19.8 Å². The maximum Gasteiger partial charge on any atom is 0.0604 e. The zero-order chi connectivity index (χ0) is 7.11. The second kappa shape index (κ2) is 6.05. The van der Waals surface area contributed by atoms with Crippen LogP contribution in [0.25, 0.3) is 0 Å². The van der Waals surface area contributed by atoms with E-state index in [-0.39, 0.29) is 0 Å². The molecular weight excluding hydrogens is 114 g/mol. The highest BCUT2D eigenvalue weighted by atomic mass is 16.5. The summed E-state index contributed by atoms with van der Waals surface area (Å²) < 4.78 is 5.11. The normalized spacial score (nSPS) is 10.7. The molecule has 9 heavy (non-hydrogen) atoms. The Bertz CT molecular complexity index is 54.9. The predicted octanol–water partition coefficient (Wildman–Crippen LogP) is 1.33. The molecule has 0 spiro atoms. The van der Waals surface area contributed by atoms with Gasteiger partial charge in [0.15, 0.2) is 0 Å². The Hall–Kier alpha value is -0.0800. The van der Waals surface area contributed by atoms with Crippen molar-refractivity contribution in [3.8, 4) is 0 Å². The van der Waals surface area contributed by atoms with Crippen molar-refractivity contribution in [1.29, 1.82) is 0 Å². The van der Waals surface area contributed by atoms with E-state index in [4.69, 9.17) is 10.5 Å². The number of hydrogen-bond acceptors (Lipinski definition) is 1. The molecule has 0 aromatic heterocycles. The zero-order valence-electron chi connectivity index (χ0n) is 6.31. The monoisotopic (exact) mass is 130 g/mol. The topological polar surface area (TPSA) is 33.0 Å². The van der Waals surface area contributed by atoms with Crippen molar-refractivity contribution in [1.82, 2.24) is 5.73 Å². The molecule has 55 valence electrons. The van der Waals surface area contributed by atoms with E-state index in [2.05, 4.69) is 13.8 Å². The number of nitrogens with one attached hydrogen (secondary N) is 1. The highest BCUT2D eigenvalue weighted by Crippen LogP contribution is 1.97. The van der Waals surface area contributed by atoms with E-state index in [1.807, 2.05) is 0 Å². The molecule has 0 amide bonds. The van der Waals surface area contributed by atoms with Gasteiger partial charge in [0.2, 0.25) is 0 Å². The number of rotatable bonds is 5. The molecule has 2 heteroatoms. The average Bonchev–Trinajstić information content (AvgIpc) is 1.80. The van der Waals surface area contributed by atoms with Gasteiger partial charge in [0.25, 0.3) is 0 Å². The molecule has 0 fully saturated rings. The summed E-state index contributed by atoms with van der Waals surface area (Å²) in [6, 6.07) is 0. The van der Waals surface area contributed by atoms with E-state index in [1.54, 1.807) is 0 Å². The van der Waals surface area contributed by atoms with Gasteiger partial charge in [-0.25, -0.2) is 0 Å². The van der Waals surface area contributed by atoms with E-state index in [0.29, 0.717) is 13.2 Å². The van der Waals surface area contributed by atoms with Crippen molar-refractivity contribution < 1.29 is 4.74 Å². The third-order valence-corrected chi connectivity index (χ3v) is 1.09. The first-order valence-corrected chi connectivity index (χ1v) is 3.49. The fraction of sp³-hybridized carbons (Fsp3) is 1.00. The third kappa shape index (κ3) is 7.92. The average molecular weight is 130 g/mol. The van der Waals surface area contributed by atoms with Crippen LogP contribution in [0, 0.1) is 5.92 Å². The van der Waals surface area contributed by atoms with Crippen LogP contribution in [-0.4, -0.2) is 19.8 Å². The minimum absolute atomic E-state index is 0.387. The third-order valence-electron chi connectivity index (χ3n) is 1.09. The Morgan fingerprint density at radius 2 is 2.00 bits per heavy atom. The van der Waals surface area contributed by atoms with Crippen LogP contribution in [0.2, 0.25) is 0 Å². The second-order valence-electron chi connectivity index (χ2n) is 2.54. The van der Waals surface area contributed by atoms with Crippen LogP contribution >= 0.6 is 0 Å². The molecule has 1 N–H and O–H groups in total. The van der Waals surface area contributed by atoms with Crippen molar-refractivity contribution in [2.24, 2.45) is 5.92 Å². The molecule has 0 bridgehead atoms. The molecule has 0 aromatic rings.